The molecule has 7 rings (SSSR count). The second-order valence-corrected chi connectivity index (χ2v) is 17.0. The Labute approximate surface area is 286 Å². The Morgan fingerprint density at radius 3 is 1.72 bits per heavy atom. The summed E-state index contributed by atoms with van der Waals surface area (Å²) < 4.78 is 7.30. The van der Waals surface area contributed by atoms with Crippen molar-refractivity contribution in [3.05, 3.63) is 69.7 Å². The molecule has 5 aliphatic rings. The van der Waals surface area contributed by atoms with Gasteiger partial charge in [-0.1, -0.05) is 110 Å². The summed E-state index contributed by atoms with van der Waals surface area (Å²) in [6.07, 6.45) is 26.6. The molecule has 254 valence electrons. The van der Waals surface area contributed by atoms with Gasteiger partial charge in [0, 0.05) is 17.3 Å². The molecule has 0 radical (unpaired) electrons. The Morgan fingerprint density at radius 2 is 1.17 bits per heavy atom. The lowest BCUT2D eigenvalue weighted by atomic mass is 9.78. The van der Waals surface area contributed by atoms with Crippen molar-refractivity contribution in [2.45, 2.75) is 173 Å². The predicted octanol–water partition coefficient (Wildman–Crippen LogP) is 13.1. The van der Waals surface area contributed by atoms with Crippen LogP contribution >= 0.6 is 0 Å². The van der Waals surface area contributed by atoms with Crippen molar-refractivity contribution in [2.24, 2.45) is 16.8 Å². The first-order chi connectivity index (χ1) is 22.9. The summed E-state index contributed by atoms with van der Waals surface area (Å²) in [6, 6.07) is 11.6. The molecular weight excluding hydrogens is 572 g/mol. The molecule has 1 aliphatic heterocycles. The molecule has 0 saturated heterocycles. The normalized spacial score (nSPS) is 24.1. The number of nitrogens with zero attached hydrogens (tertiary/aromatic N) is 1. The van der Waals surface area contributed by atoms with Crippen LogP contribution in [-0.2, 0) is 5.41 Å². The summed E-state index contributed by atoms with van der Waals surface area (Å²) in [6.45, 7) is 9.30. The smallest absolute Gasteiger partial charge is 0.177 e. The molecule has 0 amide bonds. The number of nitrogens with one attached hydrogen (secondary N) is 1. The largest absolute Gasteiger partial charge is 0.453 e. The van der Waals surface area contributed by atoms with Gasteiger partial charge in [0.05, 0.1) is 5.69 Å². The standard InChI is InChI=1S/C44H62N2O/c1-30-39(33-21-13-7-14-22-33)42(46-40(30)34-23-15-8-16-24-34)43(47-36-27-25-35(26-28-36)44(2,3)4)41-37(31-17-9-5-10-18-31)29-38(45-41)32-19-11-6-12-20-32/h25-29,31-34,45H,5-24H2,1-4H3/b43-42+. The van der Waals surface area contributed by atoms with Gasteiger partial charge >= 0.3 is 0 Å². The monoisotopic (exact) mass is 634 g/mol. The van der Waals surface area contributed by atoms with Crippen LogP contribution in [0.2, 0.25) is 0 Å². The van der Waals surface area contributed by atoms with Crippen molar-refractivity contribution in [3.8, 4) is 5.75 Å². The van der Waals surface area contributed by atoms with E-state index in [4.69, 9.17) is 9.73 Å². The molecule has 0 spiro atoms. The maximum absolute atomic E-state index is 7.30. The maximum atomic E-state index is 7.30. The number of aliphatic imine (C=N–C) groups is 1. The van der Waals surface area contributed by atoms with Gasteiger partial charge in [-0.05, 0) is 122 Å². The van der Waals surface area contributed by atoms with E-state index in [1.807, 2.05) is 0 Å². The Morgan fingerprint density at radius 1 is 0.660 bits per heavy atom. The van der Waals surface area contributed by atoms with Gasteiger partial charge in [0.25, 0.3) is 0 Å². The van der Waals surface area contributed by atoms with Crippen LogP contribution in [0.3, 0.4) is 0 Å². The van der Waals surface area contributed by atoms with Crippen LogP contribution in [0, 0.1) is 11.8 Å². The number of aromatic amines is 1. The molecule has 47 heavy (non-hydrogen) atoms. The van der Waals surface area contributed by atoms with E-state index in [1.165, 1.54) is 173 Å². The minimum absolute atomic E-state index is 0.112. The van der Waals surface area contributed by atoms with Gasteiger partial charge < -0.3 is 9.72 Å². The average molecular weight is 635 g/mol. The molecule has 4 saturated carbocycles. The van der Waals surface area contributed by atoms with Gasteiger partial charge in [0.2, 0.25) is 0 Å². The molecule has 0 atom stereocenters. The van der Waals surface area contributed by atoms with E-state index < -0.39 is 0 Å². The van der Waals surface area contributed by atoms with Crippen molar-refractivity contribution in [3.63, 3.8) is 0 Å². The fourth-order valence-corrected chi connectivity index (χ4v) is 9.83. The highest BCUT2D eigenvalue weighted by atomic mass is 16.5. The average Bonchev–Trinajstić information content (AvgIpc) is 3.70. The Kier molecular flexibility index (Phi) is 10.2. The Balaban J connectivity index is 1.41. The number of aromatic nitrogens is 1. The van der Waals surface area contributed by atoms with E-state index in [0.717, 1.165) is 11.5 Å². The summed E-state index contributed by atoms with van der Waals surface area (Å²) in [7, 11) is 0. The highest BCUT2D eigenvalue weighted by molar-refractivity contribution is 6.07. The fraction of sp³-hybridized carbons (Fsp3) is 0.659. The topological polar surface area (TPSA) is 37.4 Å². The highest BCUT2D eigenvalue weighted by Gasteiger charge is 2.37. The highest BCUT2D eigenvalue weighted by Crippen LogP contribution is 2.48. The zero-order chi connectivity index (χ0) is 32.4. The lowest BCUT2D eigenvalue weighted by Gasteiger charge is -2.27. The van der Waals surface area contributed by atoms with Crippen LogP contribution in [0.5, 0.6) is 5.75 Å². The van der Waals surface area contributed by atoms with Gasteiger partial charge in [-0.2, -0.15) is 0 Å². The number of hydrogen-bond acceptors (Lipinski definition) is 2. The molecule has 4 fully saturated rings. The third-order valence-electron chi connectivity index (χ3n) is 12.6. The third kappa shape index (κ3) is 7.25. The van der Waals surface area contributed by atoms with Gasteiger partial charge in [0.1, 0.15) is 11.4 Å². The van der Waals surface area contributed by atoms with Crippen molar-refractivity contribution in [1.82, 2.24) is 4.98 Å². The van der Waals surface area contributed by atoms with E-state index in [1.54, 1.807) is 0 Å². The molecule has 3 heteroatoms. The predicted molar refractivity (Wildman–Crippen MR) is 198 cm³/mol. The summed E-state index contributed by atoms with van der Waals surface area (Å²) in [5.74, 6) is 4.36. The number of hydrogen-bond donors (Lipinski definition) is 1. The molecule has 1 aromatic carbocycles. The van der Waals surface area contributed by atoms with Crippen LogP contribution < -0.4 is 4.74 Å². The van der Waals surface area contributed by atoms with Crippen LogP contribution in [0.4, 0.5) is 0 Å². The van der Waals surface area contributed by atoms with Gasteiger partial charge in [-0.25, -0.2) is 4.99 Å². The van der Waals surface area contributed by atoms with E-state index >= 15 is 0 Å². The fourth-order valence-electron chi connectivity index (χ4n) is 9.83. The molecule has 1 aromatic heterocycles. The Bertz CT molecular complexity index is 1450. The first-order valence-electron chi connectivity index (χ1n) is 19.9. The number of H-pyrrole nitrogens is 1. The summed E-state index contributed by atoms with van der Waals surface area (Å²) >= 11 is 0. The summed E-state index contributed by atoms with van der Waals surface area (Å²) in [5.41, 5.74) is 11.3. The molecule has 2 aromatic rings. The Hall–Kier alpha value is -2.55. The molecule has 0 bridgehead atoms. The minimum Gasteiger partial charge on any atom is -0.453 e. The SMILES string of the molecule is CC1=C(C2CCCCC2)/C(=C(\Oc2ccc(C(C)(C)C)cc2)c2[nH]c(C3CCCCC3)cc2C2CCCCC2)N=C1C1CCCCC1. The number of ether oxygens (including phenoxy) is 1. The number of allylic oxidation sites excluding steroid dienone is 2. The van der Waals surface area contributed by atoms with Crippen molar-refractivity contribution in [2.75, 3.05) is 0 Å². The molecule has 0 unspecified atom stereocenters. The molecule has 4 aliphatic carbocycles. The third-order valence-corrected chi connectivity index (χ3v) is 12.6. The van der Waals surface area contributed by atoms with E-state index in [0.29, 0.717) is 23.7 Å². The zero-order valence-electron chi connectivity index (χ0n) is 30.2. The molecule has 3 nitrogen and oxygen atoms in total. The van der Waals surface area contributed by atoms with Crippen LogP contribution in [-0.4, -0.2) is 10.7 Å². The van der Waals surface area contributed by atoms with E-state index in [2.05, 4.69) is 63.0 Å². The van der Waals surface area contributed by atoms with Crippen molar-refractivity contribution >= 4 is 11.5 Å². The first kappa shape index (κ1) is 33.0. The summed E-state index contributed by atoms with van der Waals surface area (Å²) in [4.78, 5) is 9.90. The first-order valence-corrected chi connectivity index (χ1v) is 19.9. The van der Waals surface area contributed by atoms with E-state index in [-0.39, 0.29) is 5.41 Å². The van der Waals surface area contributed by atoms with Crippen LogP contribution in [0.1, 0.15) is 190 Å². The van der Waals surface area contributed by atoms with Crippen molar-refractivity contribution in [1.29, 1.82) is 0 Å². The van der Waals surface area contributed by atoms with Gasteiger partial charge in [-0.15, -0.1) is 0 Å². The van der Waals surface area contributed by atoms with E-state index in [9.17, 15) is 0 Å². The van der Waals surface area contributed by atoms with Crippen LogP contribution in [0.15, 0.2) is 52.2 Å². The maximum Gasteiger partial charge on any atom is 0.177 e. The lowest BCUT2D eigenvalue weighted by Crippen LogP contribution is -2.18. The second-order valence-electron chi connectivity index (χ2n) is 17.0. The molecule has 1 N–H and O–H groups in total. The minimum atomic E-state index is 0.112. The lowest BCUT2D eigenvalue weighted by molar-refractivity contribution is 0.403. The zero-order valence-corrected chi connectivity index (χ0v) is 30.2. The van der Waals surface area contributed by atoms with Gasteiger partial charge in [0.15, 0.2) is 5.76 Å². The molecule has 2 heterocycles. The summed E-state index contributed by atoms with van der Waals surface area (Å²) in [5, 5.41) is 0. The van der Waals surface area contributed by atoms with Crippen LogP contribution in [0.25, 0.3) is 5.76 Å². The molecular formula is C44H62N2O. The second kappa shape index (κ2) is 14.5. The van der Waals surface area contributed by atoms with Crippen molar-refractivity contribution < 1.29 is 4.74 Å². The van der Waals surface area contributed by atoms with Gasteiger partial charge in [-0.3, -0.25) is 0 Å². The number of benzene rings is 1. The number of rotatable bonds is 7. The quantitative estimate of drug-likeness (QED) is 0.302.